The third-order valence-electron chi connectivity index (χ3n) is 5.78. The predicted octanol–water partition coefficient (Wildman–Crippen LogP) is 2.46. The van der Waals surface area contributed by atoms with E-state index in [2.05, 4.69) is 25.8 Å². The van der Waals surface area contributed by atoms with Crippen LogP contribution in [0.3, 0.4) is 0 Å². The van der Waals surface area contributed by atoms with Crippen molar-refractivity contribution in [2.24, 2.45) is 0 Å². The Bertz CT molecular complexity index is 1190. The summed E-state index contributed by atoms with van der Waals surface area (Å²) in [4.78, 5) is 25.5. The Morgan fingerprint density at radius 3 is 2.66 bits per heavy atom. The first-order valence-electron chi connectivity index (χ1n) is 10.3. The zero-order chi connectivity index (χ0) is 22.8. The van der Waals surface area contributed by atoms with E-state index in [9.17, 15) is 14.4 Å². The molecular weight excluding hydrogens is 411 g/mol. The predicted molar refractivity (Wildman–Crippen MR) is 120 cm³/mol. The van der Waals surface area contributed by atoms with Crippen LogP contribution in [0.4, 0.5) is 10.2 Å². The van der Waals surface area contributed by atoms with Gasteiger partial charge in [-0.25, -0.2) is 9.37 Å². The maximum Gasteiger partial charge on any atom is 0.236 e. The smallest absolute Gasteiger partial charge is 0.236 e. The summed E-state index contributed by atoms with van der Waals surface area (Å²) in [5.74, 6) is 0.893. The van der Waals surface area contributed by atoms with E-state index in [0.29, 0.717) is 72.0 Å². The van der Waals surface area contributed by atoms with Crippen molar-refractivity contribution in [3.63, 3.8) is 0 Å². The number of rotatable bonds is 5. The molecule has 166 valence electrons. The number of nitrogens with zero attached hydrogens (tertiary/aromatic N) is 5. The van der Waals surface area contributed by atoms with Gasteiger partial charge in [-0.2, -0.15) is 5.26 Å². The lowest BCUT2D eigenvalue weighted by atomic mass is 10.00. The molecule has 32 heavy (non-hydrogen) atoms. The first kappa shape index (κ1) is 21.6. The number of carbonyl (C=O) groups excluding carboxylic acids is 1. The normalized spacial score (nSPS) is 14.4. The van der Waals surface area contributed by atoms with Gasteiger partial charge in [0, 0.05) is 57.4 Å². The topological polar surface area (TPSA) is 88.5 Å². The number of piperazine rings is 1. The molecule has 2 aromatic heterocycles. The van der Waals surface area contributed by atoms with Gasteiger partial charge in [0.2, 0.25) is 5.91 Å². The Hall–Kier alpha value is -3.64. The minimum absolute atomic E-state index is 0.0691. The van der Waals surface area contributed by atoms with E-state index < -0.39 is 0 Å². The number of methoxy groups -OCH3 is 1. The summed E-state index contributed by atoms with van der Waals surface area (Å²) in [5, 5.41) is 10.7. The Balaban J connectivity index is 1.69. The molecule has 0 unspecified atom stereocenters. The number of halogens is 1. The van der Waals surface area contributed by atoms with Crippen LogP contribution in [0.2, 0.25) is 0 Å². The van der Waals surface area contributed by atoms with E-state index in [4.69, 9.17) is 4.74 Å². The fourth-order valence-corrected chi connectivity index (χ4v) is 4.03. The summed E-state index contributed by atoms with van der Waals surface area (Å²) in [7, 11) is 5.03. The van der Waals surface area contributed by atoms with Gasteiger partial charge in [-0.1, -0.05) is 0 Å². The Morgan fingerprint density at radius 1 is 1.25 bits per heavy atom. The number of anilines is 1. The molecule has 0 spiro atoms. The van der Waals surface area contributed by atoms with Crippen LogP contribution in [0.1, 0.15) is 5.56 Å². The average molecular weight is 436 g/mol. The SMILES string of the molecule is COc1ccc(F)cc1-c1ccnc2[nH]c(N3CCN(CC(=O)N(C)C)CC3)c(C#N)c12. The highest BCUT2D eigenvalue weighted by Gasteiger charge is 2.26. The number of amides is 1. The van der Waals surface area contributed by atoms with Crippen LogP contribution < -0.4 is 9.64 Å². The van der Waals surface area contributed by atoms with E-state index >= 15 is 0 Å². The van der Waals surface area contributed by atoms with Crippen molar-refractivity contribution in [2.75, 3.05) is 58.8 Å². The molecule has 1 aromatic carbocycles. The molecule has 0 saturated carbocycles. The second-order valence-corrected chi connectivity index (χ2v) is 7.94. The quantitative estimate of drug-likeness (QED) is 0.661. The van der Waals surface area contributed by atoms with Crippen LogP contribution in [0, 0.1) is 17.1 Å². The number of aromatic amines is 1. The summed E-state index contributed by atoms with van der Waals surface area (Å²) in [6, 6.07) is 8.40. The van der Waals surface area contributed by atoms with Crippen molar-refractivity contribution in [1.82, 2.24) is 19.8 Å². The standard InChI is InChI=1S/C23H25FN6O2/c1-28(2)20(31)14-29-8-10-30(11-9-29)23-18(13-25)21-16(6-7-26-22(21)27-23)17-12-15(24)4-5-19(17)32-3/h4-7,12H,8-11,14H2,1-3H3,(H,26,27). The summed E-state index contributed by atoms with van der Waals surface area (Å²) < 4.78 is 19.5. The van der Waals surface area contributed by atoms with Crippen LogP contribution in [0.15, 0.2) is 30.5 Å². The van der Waals surface area contributed by atoms with Crippen molar-refractivity contribution >= 4 is 22.8 Å². The lowest BCUT2D eigenvalue weighted by molar-refractivity contribution is -0.129. The number of aromatic nitrogens is 2. The van der Waals surface area contributed by atoms with Crippen molar-refractivity contribution < 1.29 is 13.9 Å². The number of pyridine rings is 1. The number of nitrogens with one attached hydrogen (secondary N) is 1. The maximum atomic E-state index is 14.0. The molecule has 0 aliphatic carbocycles. The summed E-state index contributed by atoms with van der Waals surface area (Å²) in [6.45, 7) is 3.13. The minimum atomic E-state index is -0.386. The number of carbonyl (C=O) groups is 1. The minimum Gasteiger partial charge on any atom is -0.496 e. The van der Waals surface area contributed by atoms with Crippen LogP contribution in [0.25, 0.3) is 22.2 Å². The fraction of sp³-hybridized carbons (Fsp3) is 0.348. The van der Waals surface area contributed by atoms with Gasteiger partial charge in [-0.15, -0.1) is 0 Å². The summed E-state index contributed by atoms with van der Waals surface area (Å²) in [5.41, 5.74) is 2.27. The van der Waals surface area contributed by atoms with Crippen molar-refractivity contribution in [2.45, 2.75) is 0 Å². The summed E-state index contributed by atoms with van der Waals surface area (Å²) >= 11 is 0. The highest BCUT2D eigenvalue weighted by Crippen LogP contribution is 2.39. The first-order valence-corrected chi connectivity index (χ1v) is 10.3. The van der Waals surface area contributed by atoms with E-state index in [1.807, 2.05) is 0 Å². The van der Waals surface area contributed by atoms with Gasteiger partial charge >= 0.3 is 0 Å². The van der Waals surface area contributed by atoms with E-state index in [1.165, 1.54) is 19.2 Å². The van der Waals surface area contributed by atoms with Gasteiger partial charge < -0.3 is 19.5 Å². The largest absolute Gasteiger partial charge is 0.496 e. The molecule has 1 saturated heterocycles. The number of hydrogen-bond donors (Lipinski definition) is 1. The molecule has 9 heteroatoms. The monoisotopic (exact) mass is 436 g/mol. The molecule has 1 amide bonds. The number of H-pyrrole nitrogens is 1. The van der Waals surface area contributed by atoms with Crippen molar-refractivity contribution in [3.05, 3.63) is 41.8 Å². The van der Waals surface area contributed by atoms with Crippen LogP contribution in [0.5, 0.6) is 5.75 Å². The van der Waals surface area contributed by atoms with Crippen molar-refractivity contribution in [1.29, 1.82) is 5.26 Å². The zero-order valence-corrected chi connectivity index (χ0v) is 18.4. The second kappa shape index (κ2) is 8.85. The lowest BCUT2D eigenvalue weighted by Gasteiger charge is -2.35. The van der Waals surface area contributed by atoms with Gasteiger partial charge in [-0.3, -0.25) is 9.69 Å². The number of benzene rings is 1. The second-order valence-electron chi connectivity index (χ2n) is 7.94. The molecule has 0 radical (unpaired) electrons. The van der Waals surface area contributed by atoms with Crippen molar-refractivity contribution in [3.8, 4) is 22.9 Å². The van der Waals surface area contributed by atoms with E-state index in [1.54, 1.807) is 37.3 Å². The van der Waals surface area contributed by atoms with Gasteiger partial charge in [0.25, 0.3) is 0 Å². The molecule has 1 aliphatic rings. The van der Waals surface area contributed by atoms with E-state index in [0.717, 1.165) is 0 Å². The third-order valence-corrected chi connectivity index (χ3v) is 5.78. The van der Waals surface area contributed by atoms with Gasteiger partial charge in [-0.05, 0) is 29.8 Å². The highest BCUT2D eigenvalue weighted by molar-refractivity contribution is 6.02. The molecule has 3 aromatic rings. The molecule has 1 fully saturated rings. The highest BCUT2D eigenvalue weighted by atomic mass is 19.1. The van der Waals surface area contributed by atoms with Crippen LogP contribution in [-0.4, -0.2) is 79.6 Å². The van der Waals surface area contributed by atoms with Gasteiger partial charge in [0.15, 0.2) is 0 Å². The number of fused-ring (bicyclic) bond motifs is 1. The summed E-state index contributed by atoms with van der Waals surface area (Å²) in [6.07, 6.45) is 1.63. The molecule has 0 atom stereocenters. The molecular formula is C23H25FN6O2. The first-order chi connectivity index (χ1) is 15.4. The molecule has 1 N–H and O–H groups in total. The fourth-order valence-electron chi connectivity index (χ4n) is 4.03. The average Bonchev–Trinajstić information content (AvgIpc) is 3.18. The molecule has 0 bridgehead atoms. The van der Waals surface area contributed by atoms with Crippen LogP contribution in [-0.2, 0) is 4.79 Å². The zero-order valence-electron chi connectivity index (χ0n) is 18.4. The number of ether oxygens (including phenoxy) is 1. The molecule has 8 nitrogen and oxygen atoms in total. The Morgan fingerprint density at radius 2 is 2.00 bits per heavy atom. The third kappa shape index (κ3) is 3.97. The van der Waals surface area contributed by atoms with Gasteiger partial charge in [0.05, 0.1) is 13.7 Å². The molecule has 3 heterocycles. The van der Waals surface area contributed by atoms with Gasteiger partial charge in [0.1, 0.15) is 34.7 Å². The number of hydrogen-bond acceptors (Lipinski definition) is 6. The Kier molecular flexibility index (Phi) is 5.97. The maximum absolute atomic E-state index is 14.0. The Labute approximate surface area is 185 Å². The lowest BCUT2D eigenvalue weighted by Crippen LogP contribution is -2.49. The number of nitriles is 1. The number of likely N-dealkylation sites (N-methyl/N-ethyl adjacent to an activating group) is 1. The molecule has 4 rings (SSSR count). The van der Waals surface area contributed by atoms with E-state index in [-0.39, 0.29) is 11.7 Å². The van der Waals surface area contributed by atoms with Crippen LogP contribution >= 0.6 is 0 Å². The molecule has 1 aliphatic heterocycles.